The Morgan fingerprint density at radius 3 is 2.46 bits per heavy atom. The van der Waals surface area contributed by atoms with Crippen LogP contribution in [0.15, 0.2) is 29.3 Å². The topological polar surface area (TPSA) is 62.9 Å². The summed E-state index contributed by atoms with van der Waals surface area (Å²) in [6.07, 6.45) is 7.92. The van der Waals surface area contributed by atoms with Crippen molar-refractivity contribution in [2.45, 2.75) is 45.4 Å². The lowest BCUT2D eigenvalue weighted by Gasteiger charge is -2.27. The molecule has 2 rings (SSSR count). The highest BCUT2D eigenvalue weighted by molar-refractivity contribution is 8.13. The molecule has 0 aromatic heterocycles. The first kappa shape index (κ1) is 23.0. The molecule has 7 heteroatoms. The third-order valence-corrected chi connectivity index (χ3v) is 6.43. The van der Waals surface area contributed by atoms with Gasteiger partial charge in [0.1, 0.15) is 12.4 Å². The number of thioether (sulfide) groups is 1. The van der Waals surface area contributed by atoms with Crippen molar-refractivity contribution in [3.05, 3.63) is 24.3 Å². The highest BCUT2D eigenvalue weighted by Crippen LogP contribution is 2.37. The quantitative estimate of drug-likeness (QED) is 0.287. The monoisotopic (exact) mass is 422 g/mol. The lowest BCUT2D eigenvalue weighted by molar-refractivity contribution is 0.261. The summed E-state index contributed by atoms with van der Waals surface area (Å²) in [6.45, 7) is 3.92. The number of amidine groups is 1. The molecule has 0 heterocycles. The van der Waals surface area contributed by atoms with E-state index < -0.39 is 0 Å². The van der Waals surface area contributed by atoms with E-state index in [2.05, 4.69) is 22.1 Å². The minimum Gasteiger partial charge on any atom is -0.492 e. The van der Waals surface area contributed by atoms with Crippen LogP contribution >= 0.6 is 24.0 Å². The number of likely N-dealkylation sites (N-methyl/N-ethyl adjacent to an activating group) is 1. The average molecular weight is 423 g/mol. The highest BCUT2D eigenvalue weighted by Gasteiger charge is 2.25. The van der Waals surface area contributed by atoms with E-state index in [1.165, 1.54) is 38.5 Å². The van der Waals surface area contributed by atoms with Gasteiger partial charge in [-0.05, 0) is 68.8 Å². The lowest BCUT2D eigenvalue weighted by atomic mass is 9.85. The van der Waals surface area contributed by atoms with Gasteiger partial charge in [-0.1, -0.05) is 44.4 Å². The fraction of sp³-hybridized carbons (Fsp3) is 0.619. The van der Waals surface area contributed by atoms with E-state index in [1.54, 1.807) is 11.8 Å². The SMILES string of the molecule is CN(C)CCOc1ccc(NC(=S)/N=C(\N)SCC2(C)CCCCCC2)cc1. The fourth-order valence-electron chi connectivity index (χ4n) is 3.24. The summed E-state index contributed by atoms with van der Waals surface area (Å²) in [7, 11) is 4.05. The normalized spacial score (nSPS) is 17.2. The van der Waals surface area contributed by atoms with Crippen molar-refractivity contribution in [2.24, 2.45) is 16.1 Å². The van der Waals surface area contributed by atoms with Crippen LogP contribution in [0.4, 0.5) is 5.69 Å². The summed E-state index contributed by atoms with van der Waals surface area (Å²) in [5, 5.41) is 4.04. The van der Waals surface area contributed by atoms with Crippen molar-refractivity contribution >= 4 is 39.9 Å². The smallest absolute Gasteiger partial charge is 0.199 e. The van der Waals surface area contributed by atoms with Crippen LogP contribution in [-0.2, 0) is 0 Å². The molecule has 1 aliphatic carbocycles. The summed E-state index contributed by atoms with van der Waals surface area (Å²) in [4.78, 5) is 6.43. The number of rotatable bonds is 7. The first-order valence-corrected chi connectivity index (χ1v) is 11.4. The maximum atomic E-state index is 6.11. The van der Waals surface area contributed by atoms with Crippen molar-refractivity contribution in [3.8, 4) is 5.75 Å². The number of hydrogen-bond acceptors (Lipinski definition) is 4. The Morgan fingerprint density at radius 2 is 1.86 bits per heavy atom. The van der Waals surface area contributed by atoms with Crippen LogP contribution in [0.1, 0.15) is 45.4 Å². The number of nitrogens with one attached hydrogen (secondary N) is 1. The first-order chi connectivity index (χ1) is 13.4. The van der Waals surface area contributed by atoms with Crippen molar-refractivity contribution in [1.82, 2.24) is 4.90 Å². The molecule has 1 aliphatic rings. The summed E-state index contributed by atoms with van der Waals surface area (Å²) in [5.74, 6) is 1.85. The Balaban J connectivity index is 1.78. The van der Waals surface area contributed by atoms with Crippen molar-refractivity contribution in [1.29, 1.82) is 0 Å². The number of aliphatic imine (C=N–C) groups is 1. The Labute approximate surface area is 179 Å². The summed E-state index contributed by atoms with van der Waals surface area (Å²) < 4.78 is 5.70. The molecule has 0 bridgehead atoms. The van der Waals surface area contributed by atoms with Crippen LogP contribution in [0.2, 0.25) is 0 Å². The van der Waals surface area contributed by atoms with E-state index in [9.17, 15) is 0 Å². The second-order valence-corrected chi connectivity index (χ2v) is 9.45. The van der Waals surface area contributed by atoms with Gasteiger partial charge in [-0.25, -0.2) is 0 Å². The molecule has 1 saturated carbocycles. The summed E-state index contributed by atoms with van der Waals surface area (Å²) in [5.41, 5.74) is 7.35. The number of ether oxygens (including phenoxy) is 1. The zero-order valence-corrected chi connectivity index (χ0v) is 19.0. The molecule has 1 aromatic carbocycles. The number of thiocarbonyl (C=S) groups is 1. The van der Waals surface area contributed by atoms with Crippen LogP contribution in [0.25, 0.3) is 0 Å². The van der Waals surface area contributed by atoms with Gasteiger partial charge in [-0.15, -0.1) is 0 Å². The predicted octanol–water partition coefficient (Wildman–Crippen LogP) is 4.73. The molecule has 3 N–H and O–H groups in total. The third kappa shape index (κ3) is 8.80. The minimum atomic E-state index is 0.360. The molecule has 28 heavy (non-hydrogen) atoms. The predicted molar refractivity (Wildman–Crippen MR) is 127 cm³/mol. The highest BCUT2D eigenvalue weighted by atomic mass is 32.2. The zero-order valence-electron chi connectivity index (χ0n) is 17.4. The van der Waals surface area contributed by atoms with Gasteiger partial charge in [0, 0.05) is 18.0 Å². The first-order valence-electron chi connectivity index (χ1n) is 10.0. The van der Waals surface area contributed by atoms with E-state index in [4.69, 9.17) is 22.7 Å². The van der Waals surface area contributed by atoms with Gasteiger partial charge in [0.05, 0.1) is 0 Å². The fourth-order valence-corrected chi connectivity index (χ4v) is 4.45. The van der Waals surface area contributed by atoms with Gasteiger partial charge in [0.2, 0.25) is 0 Å². The van der Waals surface area contributed by atoms with E-state index in [-0.39, 0.29) is 0 Å². The lowest BCUT2D eigenvalue weighted by Crippen LogP contribution is -2.22. The molecular weight excluding hydrogens is 388 g/mol. The van der Waals surface area contributed by atoms with Crippen LogP contribution in [-0.4, -0.2) is 48.2 Å². The number of hydrogen-bond donors (Lipinski definition) is 2. The van der Waals surface area contributed by atoms with E-state index >= 15 is 0 Å². The van der Waals surface area contributed by atoms with Crippen LogP contribution in [0.3, 0.4) is 0 Å². The van der Waals surface area contributed by atoms with E-state index in [0.29, 0.717) is 22.3 Å². The Hall–Kier alpha value is -1.31. The molecule has 0 saturated heterocycles. The van der Waals surface area contributed by atoms with Crippen LogP contribution in [0, 0.1) is 5.41 Å². The van der Waals surface area contributed by atoms with Crippen LogP contribution < -0.4 is 15.8 Å². The van der Waals surface area contributed by atoms with Crippen molar-refractivity contribution in [2.75, 3.05) is 38.3 Å². The van der Waals surface area contributed by atoms with Gasteiger partial charge in [-0.3, -0.25) is 0 Å². The number of nitrogens with two attached hydrogens (primary N) is 1. The molecule has 5 nitrogen and oxygen atoms in total. The summed E-state index contributed by atoms with van der Waals surface area (Å²) >= 11 is 6.96. The molecule has 1 fully saturated rings. The largest absolute Gasteiger partial charge is 0.492 e. The molecule has 0 unspecified atom stereocenters. The second-order valence-electron chi connectivity index (χ2n) is 8.07. The molecule has 0 atom stereocenters. The molecule has 156 valence electrons. The maximum Gasteiger partial charge on any atom is 0.199 e. The minimum absolute atomic E-state index is 0.360. The van der Waals surface area contributed by atoms with Gasteiger partial charge in [-0.2, -0.15) is 4.99 Å². The third-order valence-electron chi connectivity index (χ3n) is 5.00. The Kier molecular flexibility index (Phi) is 9.55. The van der Waals surface area contributed by atoms with Gasteiger partial charge in [0.25, 0.3) is 0 Å². The van der Waals surface area contributed by atoms with Crippen molar-refractivity contribution < 1.29 is 4.74 Å². The molecule has 0 spiro atoms. The second kappa shape index (κ2) is 11.6. The molecule has 0 amide bonds. The van der Waals surface area contributed by atoms with Gasteiger partial charge >= 0.3 is 0 Å². The molecule has 1 aromatic rings. The summed E-state index contributed by atoms with van der Waals surface area (Å²) in [6, 6.07) is 7.72. The van der Waals surface area contributed by atoms with Gasteiger partial charge in [0.15, 0.2) is 10.3 Å². The molecule has 0 radical (unpaired) electrons. The molecule has 0 aliphatic heterocycles. The number of anilines is 1. The Bertz CT molecular complexity index is 638. The Morgan fingerprint density at radius 1 is 1.21 bits per heavy atom. The zero-order chi connectivity index (χ0) is 20.4. The van der Waals surface area contributed by atoms with Crippen LogP contribution in [0.5, 0.6) is 5.75 Å². The van der Waals surface area contributed by atoms with Gasteiger partial charge < -0.3 is 20.7 Å². The van der Waals surface area contributed by atoms with E-state index in [1.807, 2.05) is 38.4 Å². The molecular formula is C21H34N4OS2. The number of nitrogens with zero attached hydrogens (tertiary/aromatic N) is 2. The maximum absolute atomic E-state index is 6.11. The van der Waals surface area contributed by atoms with Crippen molar-refractivity contribution in [3.63, 3.8) is 0 Å². The standard InChI is InChI=1S/C21H34N4OS2/c1-21(12-6-4-5-7-13-21)16-28-19(22)24-20(27)23-17-8-10-18(11-9-17)26-15-14-25(2)3/h8-11H,4-7,12-16H2,1-3H3,(H3,22,23,24,27). The average Bonchev–Trinajstić information content (AvgIpc) is 2.86. The number of benzene rings is 1. The van der Waals surface area contributed by atoms with E-state index in [0.717, 1.165) is 23.7 Å².